The lowest BCUT2D eigenvalue weighted by atomic mass is 10.0. The minimum atomic E-state index is 0.859. The van der Waals surface area contributed by atoms with Crippen LogP contribution in [0, 0.1) is 0 Å². The Morgan fingerprint density at radius 1 is 1.44 bits per heavy atom. The molecular weight excluding hydrogens is 220 g/mol. The van der Waals surface area contributed by atoms with E-state index in [-0.39, 0.29) is 0 Å². The molecule has 3 rings (SSSR count). The molecule has 1 heterocycles. The third-order valence-electron chi connectivity index (χ3n) is 3.29. The van der Waals surface area contributed by atoms with Crippen LogP contribution in [-0.4, -0.2) is 9.78 Å². The molecule has 1 aromatic carbocycles. The van der Waals surface area contributed by atoms with Gasteiger partial charge in [0.15, 0.2) is 0 Å². The number of hydrogen-bond donors (Lipinski definition) is 0. The van der Waals surface area contributed by atoms with Gasteiger partial charge in [0.1, 0.15) is 0 Å². The van der Waals surface area contributed by atoms with E-state index < -0.39 is 0 Å². The molecular formula is C13H13ClN2. The van der Waals surface area contributed by atoms with Crippen molar-refractivity contribution in [2.45, 2.75) is 19.8 Å². The molecule has 0 saturated carbocycles. The lowest BCUT2D eigenvalue weighted by molar-refractivity contribution is 0.779. The molecule has 0 fully saturated rings. The number of fused-ring (bicyclic) bond motifs is 3. The van der Waals surface area contributed by atoms with Crippen LogP contribution in [-0.2, 0) is 13.5 Å². The Balaban J connectivity index is 2.46. The summed E-state index contributed by atoms with van der Waals surface area (Å²) < 4.78 is 1.85. The first-order valence-corrected chi connectivity index (χ1v) is 5.89. The largest absolute Gasteiger partial charge is 0.275 e. The molecule has 0 amide bonds. The average molecular weight is 233 g/mol. The molecule has 16 heavy (non-hydrogen) atoms. The molecule has 2 aromatic rings. The maximum atomic E-state index is 6.30. The molecule has 0 saturated heterocycles. The van der Waals surface area contributed by atoms with Crippen LogP contribution >= 0.6 is 11.6 Å². The minimum absolute atomic E-state index is 0.859. The third-order valence-corrected chi connectivity index (χ3v) is 3.63. The van der Waals surface area contributed by atoms with Gasteiger partial charge < -0.3 is 0 Å². The number of benzene rings is 1. The highest BCUT2D eigenvalue weighted by Gasteiger charge is 2.22. The summed E-state index contributed by atoms with van der Waals surface area (Å²) in [5.74, 6) is 0. The van der Waals surface area contributed by atoms with E-state index in [1.807, 2.05) is 17.8 Å². The van der Waals surface area contributed by atoms with Crippen molar-refractivity contribution in [1.29, 1.82) is 0 Å². The van der Waals surface area contributed by atoms with Gasteiger partial charge in [-0.2, -0.15) is 5.10 Å². The Labute approximate surface area is 99.5 Å². The number of aryl methyl sites for hydroxylation is 1. The van der Waals surface area contributed by atoms with Crippen molar-refractivity contribution in [3.05, 3.63) is 34.5 Å². The predicted molar refractivity (Wildman–Crippen MR) is 67.7 cm³/mol. The van der Waals surface area contributed by atoms with Crippen LogP contribution in [0.3, 0.4) is 0 Å². The van der Waals surface area contributed by atoms with E-state index in [1.54, 1.807) is 0 Å². The van der Waals surface area contributed by atoms with Crippen LogP contribution in [0.2, 0.25) is 5.02 Å². The SMILES string of the molecule is C/C=C1\CCc2c(Cl)cc3nn(C)cc3c21. The second-order valence-electron chi connectivity index (χ2n) is 4.26. The van der Waals surface area contributed by atoms with Crippen LogP contribution in [0.25, 0.3) is 16.5 Å². The zero-order valence-corrected chi connectivity index (χ0v) is 10.2. The van der Waals surface area contributed by atoms with E-state index >= 15 is 0 Å². The van der Waals surface area contributed by atoms with Crippen molar-refractivity contribution < 1.29 is 0 Å². The third kappa shape index (κ3) is 1.23. The monoisotopic (exact) mass is 232 g/mol. The molecule has 1 aromatic heterocycles. The first-order chi connectivity index (χ1) is 7.70. The highest BCUT2D eigenvalue weighted by molar-refractivity contribution is 6.32. The van der Waals surface area contributed by atoms with E-state index in [4.69, 9.17) is 11.6 Å². The summed E-state index contributed by atoms with van der Waals surface area (Å²) in [5, 5.41) is 6.51. The first-order valence-electron chi connectivity index (χ1n) is 5.51. The van der Waals surface area contributed by atoms with Crippen LogP contribution in [0.5, 0.6) is 0 Å². The molecule has 82 valence electrons. The second kappa shape index (κ2) is 3.36. The Kier molecular flexibility index (Phi) is 2.08. The summed E-state index contributed by atoms with van der Waals surface area (Å²) in [6.45, 7) is 2.09. The van der Waals surface area contributed by atoms with Crippen molar-refractivity contribution in [2.75, 3.05) is 0 Å². The number of nitrogens with zero attached hydrogens (tertiary/aromatic N) is 2. The van der Waals surface area contributed by atoms with Gasteiger partial charge in [-0.15, -0.1) is 0 Å². The minimum Gasteiger partial charge on any atom is -0.275 e. The summed E-state index contributed by atoms with van der Waals surface area (Å²) in [6, 6.07) is 1.98. The fourth-order valence-corrected chi connectivity index (χ4v) is 2.87. The predicted octanol–water partition coefficient (Wildman–Crippen LogP) is 3.58. The Bertz CT molecular complexity index is 608. The summed E-state index contributed by atoms with van der Waals surface area (Å²) in [5.41, 5.74) is 5.00. The molecule has 1 aliphatic rings. The fourth-order valence-electron chi connectivity index (χ4n) is 2.58. The molecule has 0 spiro atoms. The van der Waals surface area contributed by atoms with Gasteiger partial charge in [0.25, 0.3) is 0 Å². The number of rotatable bonds is 0. The van der Waals surface area contributed by atoms with Crippen molar-refractivity contribution in [2.24, 2.45) is 7.05 Å². The summed E-state index contributed by atoms with van der Waals surface area (Å²) >= 11 is 6.30. The zero-order chi connectivity index (χ0) is 11.3. The standard InChI is InChI=1S/C13H13ClN2/c1-3-8-4-5-9-11(14)6-12-10(13(8)9)7-16(2)15-12/h3,6-7H,4-5H2,1-2H3/b8-3+. The second-order valence-corrected chi connectivity index (χ2v) is 4.67. The van der Waals surface area contributed by atoms with Crippen LogP contribution in [0.4, 0.5) is 0 Å². The molecule has 1 aliphatic carbocycles. The number of allylic oxidation sites excluding steroid dienone is 2. The first kappa shape index (κ1) is 9.91. The summed E-state index contributed by atoms with van der Waals surface area (Å²) in [4.78, 5) is 0. The maximum absolute atomic E-state index is 6.30. The highest BCUT2D eigenvalue weighted by atomic mass is 35.5. The maximum Gasteiger partial charge on any atom is 0.0944 e. The highest BCUT2D eigenvalue weighted by Crippen LogP contribution is 2.41. The van der Waals surface area contributed by atoms with Crippen LogP contribution in [0.1, 0.15) is 24.5 Å². The van der Waals surface area contributed by atoms with Crippen LogP contribution in [0.15, 0.2) is 18.3 Å². The molecule has 3 heteroatoms. The number of halogens is 1. The van der Waals surface area contributed by atoms with Gasteiger partial charge in [-0.1, -0.05) is 17.7 Å². The Morgan fingerprint density at radius 3 is 3.00 bits per heavy atom. The lowest BCUT2D eigenvalue weighted by Gasteiger charge is -2.04. The van der Waals surface area contributed by atoms with E-state index in [1.165, 1.54) is 22.1 Å². The number of aromatic nitrogens is 2. The molecule has 0 aliphatic heterocycles. The summed E-state index contributed by atoms with van der Waals surface area (Å²) in [6.07, 6.45) is 6.42. The molecule has 0 N–H and O–H groups in total. The Hall–Kier alpha value is -1.28. The molecule has 2 nitrogen and oxygen atoms in total. The quantitative estimate of drug-likeness (QED) is 0.679. The molecule has 0 radical (unpaired) electrons. The normalized spacial score (nSPS) is 17.3. The molecule has 0 atom stereocenters. The smallest absolute Gasteiger partial charge is 0.0944 e. The zero-order valence-electron chi connectivity index (χ0n) is 9.42. The average Bonchev–Trinajstić information content (AvgIpc) is 2.80. The van der Waals surface area contributed by atoms with Crippen molar-refractivity contribution in [3.63, 3.8) is 0 Å². The van der Waals surface area contributed by atoms with Gasteiger partial charge in [-0.05, 0) is 42.5 Å². The van der Waals surface area contributed by atoms with E-state index in [2.05, 4.69) is 24.3 Å². The van der Waals surface area contributed by atoms with E-state index in [0.717, 1.165) is 23.4 Å². The molecule has 0 unspecified atom stereocenters. The fraction of sp³-hybridized carbons (Fsp3) is 0.308. The van der Waals surface area contributed by atoms with Gasteiger partial charge in [0.2, 0.25) is 0 Å². The van der Waals surface area contributed by atoms with Crippen molar-refractivity contribution >= 4 is 28.1 Å². The topological polar surface area (TPSA) is 17.8 Å². The van der Waals surface area contributed by atoms with Crippen molar-refractivity contribution in [1.82, 2.24) is 9.78 Å². The molecule has 0 bridgehead atoms. The van der Waals surface area contributed by atoms with E-state index in [0.29, 0.717) is 0 Å². The van der Waals surface area contributed by atoms with Gasteiger partial charge in [0, 0.05) is 23.7 Å². The van der Waals surface area contributed by atoms with Crippen molar-refractivity contribution in [3.8, 4) is 0 Å². The van der Waals surface area contributed by atoms with Crippen LogP contribution < -0.4 is 0 Å². The van der Waals surface area contributed by atoms with Gasteiger partial charge in [-0.25, -0.2) is 0 Å². The van der Waals surface area contributed by atoms with Gasteiger partial charge in [0.05, 0.1) is 5.52 Å². The van der Waals surface area contributed by atoms with E-state index in [9.17, 15) is 0 Å². The lowest BCUT2D eigenvalue weighted by Crippen LogP contribution is -1.85. The summed E-state index contributed by atoms with van der Waals surface area (Å²) in [7, 11) is 1.95. The van der Waals surface area contributed by atoms with Gasteiger partial charge >= 0.3 is 0 Å². The van der Waals surface area contributed by atoms with Gasteiger partial charge in [-0.3, -0.25) is 4.68 Å². The number of hydrogen-bond acceptors (Lipinski definition) is 1. The Morgan fingerprint density at radius 2 is 2.25 bits per heavy atom.